The quantitative estimate of drug-likeness (QED) is 0.368. The average Bonchev–Trinajstić information content (AvgIpc) is 3.44. The van der Waals surface area contributed by atoms with E-state index in [2.05, 4.69) is 38.8 Å². The van der Waals surface area contributed by atoms with E-state index in [-0.39, 0.29) is 5.91 Å². The van der Waals surface area contributed by atoms with Gasteiger partial charge in [0.15, 0.2) is 5.13 Å². The molecule has 0 radical (unpaired) electrons. The topological polar surface area (TPSA) is 95.6 Å². The Hall–Kier alpha value is -2.69. The van der Waals surface area contributed by atoms with E-state index in [4.69, 9.17) is 4.74 Å². The standard InChI is InChI=1S/C21H27N5O3S2/c1-4-22-10-11-26(2)17-8-6-5-7-14(17)23-19(27)16-13-31-21(25-16)24-15-9-12-30-18(15)20(28)29-3/h5,7,9,12-13,22H,4,6,8,10-11H2,1-3H3,(H,23,27)(H,24,25). The second-order valence-corrected chi connectivity index (χ2v) is 8.62. The minimum absolute atomic E-state index is 0.262. The van der Waals surface area contributed by atoms with Crippen molar-refractivity contribution >= 4 is 45.4 Å². The fourth-order valence-corrected chi connectivity index (χ4v) is 4.59. The molecule has 0 fully saturated rings. The summed E-state index contributed by atoms with van der Waals surface area (Å²) in [5.41, 5.74) is 2.86. The molecule has 0 bridgehead atoms. The van der Waals surface area contributed by atoms with Crippen LogP contribution in [-0.2, 0) is 4.74 Å². The molecule has 8 nitrogen and oxygen atoms in total. The zero-order valence-electron chi connectivity index (χ0n) is 17.9. The second-order valence-electron chi connectivity index (χ2n) is 6.85. The monoisotopic (exact) mass is 461 g/mol. The molecule has 1 aliphatic rings. The van der Waals surface area contributed by atoms with Gasteiger partial charge in [-0.25, -0.2) is 9.78 Å². The lowest BCUT2D eigenvalue weighted by Crippen LogP contribution is -2.33. The molecule has 1 amide bonds. The van der Waals surface area contributed by atoms with Crippen molar-refractivity contribution < 1.29 is 14.3 Å². The number of hydrogen-bond acceptors (Lipinski definition) is 9. The highest BCUT2D eigenvalue weighted by Crippen LogP contribution is 2.28. The van der Waals surface area contributed by atoms with E-state index < -0.39 is 5.97 Å². The number of methoxy groups -OCH3 is 1. The molecule has 31 heavy (non-hydrogen) atoms. The number of rotatable bonds is 10. The van der Waals surface area contributed by atoms with Crippen LogP contribution in [0.25, 0.3) is 0 Å². The van der Waals surface area contributed by atoms with Gasteiger partial charge in [0.25, 0.3) is 5.91 Å². The summed E-state index contributed by atoms with van der Waals surface area (Å²) in [5, 5.41) is 13.5. The molecule has 2 heterocycles. The van der Waals surface area contributed by atoms with Gasteiger partial charge < -0.3 is 25.6 Å². The van der Waals surface area contributed by atoms with Crippen LogP contribution in [0.1, 0.15) is 39.9 Å². The molecule has 0 spiro atoms. The Morgan fingerprint density at radius 3 is 2.94 bits per heavy atom. The number of carbonyl (C=O) groups is 2. The van der Waals surface area contributed by atoms with Gasteiger partial charge in [-0.2, -0.15) is 0 Å². The van der Waals surface area contributed by atoms with Gasteiger partial charge in [-0.05, 0) is 36.9 Å². The lowest BCUT2D eigenvalue weighted by Gasteiger charge is -2.27. The van der Waals surface area contributed by atoms with E-state index in [0.717, 1.165) is 43.9 Å². The number of esters is 1. The molecule has 1 aliphatic carbocycles. The Balaban J connectivity index is 1.68. The molecule has 0 saturated carbocycles. The molecule has 10 heteroatoms. The molecule has 166 valence electrons. The third kappa shape index (κ3) is 5.93. The van der Waals surface area contributed by atoms with Crippen LogP contribution in [0.15, 0.2) is 40.4 Å². The lowest BCUT2D eigenvalue weighted by molar-refractivity contribution is 0.0607. The SMILES string of the molecule is CCNCCN(C)C1=C(NC(=O)c2csc(Nc3ccsc3C(=O)OC)n2)C=CCC1. The molecular formula is C21H27N5O3S2. The van der Waals surface area contributed by atoms with Crippen molar-refractivity contribution in [2.75, 3.05) is 39.1 Å². The van der Waals surface area contributed by atoms with Crippen LogP contribution in [0.4, 0.5) is 10.8 Å². The zero-order chi connectivity index (χ0) is 22.2. The normalized spacial score (nSPS) is 13.3. The van der Waals surface area contributed by atoms with Gasteiger partial charge in [0.1, 0.15) is 10.6 Å². The van der Waals surface area contributed by atoms with Crippen molar-refractivity contribution in [1.82, 2.24) is 20.5 Å². The number of nitrogens with zero attached hydrogens (tertiary/aromatic N) is 2. The molecular weight excluding hydrogens is 434 g/mol. The van der Waals surface area contributed by atoms with Crippen molar-refractivity contribution in [3.63, 3.8) is 0 Å². The largest absolute Gasteiger partial charge is 0.465 e. The first kappa shape index (κ1) is 23.0. The number of amides is 1. The number of ether oxygens (including phenoxy) is 1. The third-order valence-electron chi connectivity index (χ3n) is 4.74. The fourth-order valence-electron chi connectivity index (χ4n) is 3.12. The first-order valence-electron chi connectivity index (χ1n) is 10.0. The lowest BCUT2D eigenvalue weighted by atomic mass is 10.1. The Morgan fingerprint density at radius 2 is 2.16 bits per heavy atom. The summed E-state index contributed by atoms with van der Waals surface area (Å²) in [4.78, 5) is 31.7. The molecule has 0 saturated heterocycles. The molecule has 0 aliphatic heterocycles. The zero-order valence-corrected chi connectivity index (χ0v) is 19.5. The number of allylic oxidation sites excluding steroid dienone is 3. The van der Waals surface area contributed by atoms with Gasteiger partial charge in [0.2, 0.25) is 0 Å². The summed E-state index contributed by atoms with van der Waals surface area (Å²) in [6, 6.07) is 1.78. The predicted octanol–water partition coefficient (Wildman–Crippen LogP) is 3.57. The summed E-state index contributed by atoms with van der Waals surface area (Å²) in [5.74, 6) is -0.671. The number of nitrogens with one attached hydrogen (secondary N) is 3. The van der Waals surface area contributed by atoms with Crippen molar-refractivity contribution in [2.45, 2.75) is 19.8 Å². The van der Waals surface area contributed by atoms with Crippen LogP contribution in [0, 0.1) is 0 Å². The number of thiophene rings is 1. The number of hydrogen-bond donors (Lipinski definition) is 3. The first-order chi connectivity index (χ1) is 15.0. The first-order valence-corrected chi connectivity index (χ1v) is 11.8. The van der Waals surface area contributed by atoms with Gasteiger partial charge in [0, 0.05) is 31.2 Å². The van der Waals surface area contributed by atoms with Gasteiger partial charge >= 0.3 is 5.97 Å². The number of thiazole rings is 1. The van der Waals surface area contributed by atoms with Crippen LogP contribution >= 0.6 is 22.7 Å². The summed E-state index contributed by atoms with van der Waals surface area (Å²) in [7, 11) is 3.39. The predicted molar refractivity (Wildman–Crippen MR) is 125 cm³/mol. The summed E-state index contributed by atoms with van der Waals surface area (Å²) < 4.78 is 4.79. The number of likely N-dealkylation sites (N-methyl/N-ethyl adjacent to an activating group) is 2. The molecule has 3 N–H and O–H groups in total. The summed E-state index contributed by atoms with van der Waals surface area (Å²) in [6.45, 7) is 4.77. The van der Waals surface area contributed by atoms with Crippen molar-refractivity contribution in [1.29, 1.82) is 0 Å². The minimum Gasteiger partial charge on any atom is -0.465 e. The Morgan fingerprint density at radius 1 is 1.32 bits per heavy atom. The van der Waals surface area contributed by atoms with Crippen LogP contribution < -0.4 is 16.0 Å². The molecule has 0 atom stereocenters. The average molecular weight is 462 g/mol. The molecule has 2 aromatic heterocycles. The Bertz CT molecular complexity index is 979. The second kappa shape index (κ2) is 11.1. The number of aromatic nitrogens is 1. The smallest absolute Gasteiger partial charge is 0.350 e. The van der Waals surface area contributed by atoms with E-state index in [1.807, 2.05) is 13.1 Å². The van der Waals surface area contributed by atoms with Crippen LogP contribution in [0.5, 0.6) is 0 Å². The molecule has 0 aromatic carbocycles. The highest BCUT2D eigenvalue weighted by atomic mass is 32.1. The third-order valence-corrected chi connectivity index (χ3v) is 6.39. The van der Waals surface area contributed by atoms with E-state index in [1.54, 1.807) is 16.8 Å². The van der Waals surface area contributed by atoms with Gasteiger partial charge in [-0.1, -0.05) is 13.0 Å². The van der Waals surface area contributed by atoms with Crippen molar-refractivity contribution in [3.8, 4) is 0 Å². The van der Waals surface area contributed by atoms with E-state index in [1.165, 1.54) is 29.8 Å². The maximum atomic E-state index is 12.8. The van der Waals surface area contributed by atoms with Crippen LogP contribution in [0.2, 0.25) is 0 Å². The van der Waals surface area contributed by atoms with Gasteiger partial charge in [-0.3, -0.25) is 4.79 Å². The Kier molecular flexibility index (Phi) is 8.21. The summed E-state index contributed by atoms with van der Waals surface area (Å²) in [6.07, 6.45) is 5.86. The van der Waals surface area contributed by atoms with Gasteiger partial charge in [0.05, 0.1) is 18.5 Å². The van der Waals surface area contributed by atoms with E-state index >= 15 is 0 Å². The number of anilines is 2. The highest BCUT2D eigenvalue weighted by Gasteiger charge is 2.19. The van der Waals surface area contributed by atoms with Gasteiger partial charge in [-0.15, -0.1) is 22.7 Å². The number of carbonyl (C=O) groups excluding carboxylic acids is 2. The Labute approximate surface area is 190 Å². The van der Waals surface area contributed by atoms with Crippen molar-refractivity contribution in [2.24, 2.45) is 0 Å². The maximum absolute atomic E-state index is 12.8. The van der Waals surface area contributed by atoms with Crippen LogP contribution in [0.3, 0.4) is 0 Å². The molecule has 0 unspecified atom stereocenters. The molecule has 3 rings (SSSR count). The highest BCUT2D eigenvalue weighted by molar-refractivity contribution is 7.14. The fraction of sp³-hybridized carbons (Fsp3) is 0.381. The minimum atomic E-state index is -0.408. The van der Waals surface area contributed by atoms with Crippen LogP contribution in [-0.4, -0.2) is 55.6 Å². The summed E-state index contributed by atoms with van der Waals surface area (Å²) >= 11 is 2.59. The van der Waals surface area contributed by atoms with Crippen molar-refractivity contribution in [3.05, 3.63) is 50.9 Å². The van der Waals surface area contributed by atoms with E-state index in [9.17, 15) is 9.59 Å². The molecule has 2 aromatic rings. The van der Waals surface area contributed by atoms with E-state index in [0.29, 0.717) is 21.4 Å². The maximum Gasteiger partial charge on any atom is 0.350 e.